The zero-order chi connectivity index (χ0) is 11.3. The molecule has 0 saturated carbocycles. The molecule has 0 amide bonds. The number of aliphatic hydroxyl groups is 1. The van der Waals surface area contributed by atoms with Crippen molar-refractivity contribution in [3.8, 4) is 11.5 Å². The highest BCUT2D eigenvalue weighted by Crippen LogP contribution is 2.24. The number of aliphatic hydroxyl groups excluding tert-OH is 1. The molecule has 1 aromatic carbocycles. The van der Waals surface area contributed by atoms with Crippen LogP contribution in [0, 0.1) is 0 Å². The fourth-order valence-corrected chi connectivity index (χ4v) is 1.35. The lowest BCUT2D eigenvalue weighted by Crippen LogP contribution is -2.18. The molecule has 0 unspecified atom stereocenters. The fourth-order valence-electron chi connectivity index (χ4n) is 1.35. The number of hydrogen-bond donors (Lipinski definition) is 1. The van der Waals surface area contributed by atoms with Gasteiger partial charge in [-0.1, -0.05) is 0 Å². The van der Waals surface area contributed by atoms with Gasteiger partial charge in [-0.2, -0.15) is 0 Å². The molecule has 0 aliphatic rings. The second-order valence-electron chi connectivity index (χ2n) is 3.33. The molecule has 4 nitrogen and oxygen atoms in total. The zero-order valence-electron chi connectivity index (χ0n) is 9.36. The molecule has 0 aromatic heterocycles. The van der Waals surface area contributed by atoms with E-state index >= 15 is 0 Å². The van der Waals surface area contributed by atoms with Crippen molar-refractivity contribution in [3.63, 3.8) is 0 Å². The van der Waals surface area contributed by atoms with Crippen LogP contribution in [0.2, 0.25) is 0 Å². The number of methoxy groups -OCH3 is 2. The van der Waals surface area contributed by atoms with Gasteiger partial charge in [0, 0.05) is 12.1 Å². The van der Waals surface area contributed by atoms with Crippen LogP contribution in [0.25, 0.3) is 0 Å². The van der Waals surface area contributed by atoms with Crippen molar-refractivity contribution in [2.24, 2.45) is 0 Å². The predicted molar refractivity (Wildman–Crippen MR) is 58.1 cm³/mol. The van der Waals surface area contributed by atoms with E-state index < -0.39 is 0 Å². The minimum Gasteiger partial charge on any atom is -0.497 e. The van der Waals surface area contributed by atoms with E-state index in [0.29, 0.717) is 6.54 Å². The highest BCUT2D eigenvalue weighted by atomic mass is 16.5. The van der Waals surface area contributed by atoms with Crippen LogP contribution in [0.1, 0.15) is 5.56 Å². The summed E-state index contributed by atoms with van der Waals surface area (Å²) in [4.78, 5) is 1.78. The number of ether oxygens (including phenoxy) is 2. The Morgan fingerprint density at radius 3 is 2.53 bits per heavy atom. The lowest BCUT2D eigenvalue weighted by atomic mass is 10.2. The van der Waals surface area contributed by atoms with Gasteiger partial charge in [-0.25, -0.2) is 0 Å². The first-order valence-electron chi connectivity index (χ1n) is 4.71. The standard InChI is InChI=1S/C11H17NO3/c1-12(8-13)7-9-6-10(14-2)4-5-11(9)15-3/h4-6,13H,7-8H2,1-3H3. The van der Waals surface area contributed by atoms with Crippen LogP contribution in [-0.2, 0) is 6.54 Å². The molecule has 0 atom stereocenters. The molecule has 1 aromatic rings. The van der Waals surface area contributed by atoms with Gasteiger partial charge >= 0.3 is 0 Å². The van der Waals surface area contributed by atoms with Crippen molar-refractivity contribution < 1.29 is 14.6 Å². The smallest absolute Gasteiger partial charge is 0.123 e. The molecule has 0 fully saturated rings. The van der Waals surface area contributed by atoms with E-state index in [-0.39, 0.29) is 6.73 Å². The lowest BCUT2D eigenvalue weighted by Gasteiger charge is -2.16. The molecule has 0 aliphatic heterocycles. The minimum absolute atomic E-state index is 0.0143. The van der Waals surface area contributed by atoms with Gasteiger partial charge in [-0.15, -0.1) is 0 Å². The molecule has 84 valence electrons. The molecule has 4 heteroatoms. The third-order valence-corrected chi connectivity index (χ3v) is 2.17. The number of benzene rings is 1. The Bertz CT molecular complexity index is 315. The molecule has 0 bridgehead atoms. The molecule has 0 radical (unpaired) electrons. The molecule has 0 saturated heterocycles. The average Bonchev–Trinajstić information content (AvgIpc) is 2.28. The summed E-state index contributed by atoms with van der Waals surface area (Å²) in [5.41, 5.74) is 0.994. The summed E-state index contributed by atoms with van der Waals surface area (Å²) >= 11 is 0. The molecule has 15 heavy (non-hydrogen) atoms. The van der Waals surface area contributed by atoms with Crippen molar-refractivity contribution in [1.29, 1.82) is 0 Å². The van der Waals surface area contributed by atoms with E-state index in [1.54, 1.807) is 19.1 Å². The highest BCUT2D eigenvalue weighted by Gasteiger charge is 2.07. The topological polar surface area (TPSA) is 41.9 Å². The molecule has 0 aliphatic carbocycles. The monoisotopic (exact) mass is 211 g/mol. The normalized spacial score (nSPS) is 10.5. The molecular formula is C11H17NO3. The first kappa shape index (κ1) is 11.8. The van der Waals surface area contributed by atoms with E-state index in [0.717, 1.165) is 17.1 Å². The van der Waals surface area contributed by atoms with Crippen LogP contribution in [0.4, 0.5) is 0 Å². The molecular weight excluding hydrogens is 194 g/mol. The third kappa shape index (κ3) is 3.11. The van der Waals surface area contributed by atoms with Crippen LogP contribution in [0.5, 0.6) is 11.5 Å². The number of hydrogen-bond acceptors (Lipinski definition) is 4. The van der Waals surface area contributed by atoms with Crippen molar-refractivity contribution in [2.45, 2.75) is 6.54 Å². The van der Waals surface area contributed by atoms with Crippen LogP contribution in [0.3, 0.4) is 0 Å². The van der Waals surface area contributed by atoms with Gasteiger partial charge in [0.2, 0.25) is 0 Å². The van der Waals surface area contributed by atoms with Crippen LogP contribution in [0.15, 0.2) is 18.2 Å². The maximum absolute atomic E-state index is 8.94. The van der Waals surface area contributed by atoms with Crippen molar-refractivity contribution in [2.75, 3.05) is 28.0 Å². The second kappa shape index (κ2) is 5.58. The van der Waals surface area contributed by atoms with Crippen molar-refractivity contribution >= 4 is 0 Å². The van der Waals surface area contributed by atoms with Crippen LogP contribution < -0.4 is 9.47 Å². The van der Waals surface area contributed by atoms with Gasteiger partial charge in [-0.05, 0) is 25.2 Å². The molecule has 1 rings (SSSR count). The van der Waals surface area contributed by atoms with E-state index in [9.17, 15) is 0 Å². The maximum atomic E-state index is 8.94. The van der Waals surface area contributed by atoms with Gasteiger partial charge in [0.15, 0.2) is 0 Å². The summed E-state index contributed by atoms with van der Waals surface area (Å²) in [6.07, 6.45) is 0. The largest absolute Gasteiger partial charge is 0.497 e. The first-order chi connectivity index (χ1) is 7.21. The quantitative estimate of drug-likeness (QED) is 0.740. The van der Waals surface area contributed by atoms with Gasteiger partial charge in [0.25, 0.3) is 0 Å². The Kier molecular flexibility index (Phi) is 4.39. The average molecular weight is 211 g/mol. The lowest BCUT2D eigenvalue weighted by molar-refractivity contribution is 0.126. The minimum atomic E-state index is 0.0143. The Morgan fingerprint density at radius 2 is 2.00 bits per heavy atom. The van der Waals surface area contributed by atoms with Gasteiger partial charge in [0.1, 0.15) is 11.5 Å². The van der Waals surface area contributed by atoms with Gasteiger partial charge < -0.3 is 14.6 Å². The SMILES string of the molecule is COc1ccc(OC)c(CN(C)CO)c1. The Morgan fingerprint density at radius 1 is 1.27 bits per heavy atom. The van der Waals surface area contributed by atoms with E-state index in [1.165, 1.54) is 0 Å². The van der Waals surface area contributed by atoms with Gasteiger partial charge in [0.05, 0.1) is 21.0 Å². The molecule has 0 heterocycles. The molecule has 0 spiro atoms. The Balaban J connectivity index is 2.90. The summed E-state index contributed by atoms with van der Waals surface area (Å²) in [7, 11) is 5.09. The third-order valence-electron chi connectivity index (χ3n) is 2.17. The van der Waals surface area contributed by atoms with E-state index in [4.69, 9.17) is 14.6 Å². The summed E-state index contributed by atoms with van der Waals surface area (Å²) in [6, 6.07) is 5.62. The van der Waals surface area contributed by atoms with Crippen LogP contribution >= 0.6 is 0 Å². The van der Waals surface area contributed by atoms with Crippen LogP contribution in [-0.4, -0.2) is 38.0 Å². The number of nitrogens with zero attached hydrogens (tertiary/aromatic N) is 1. The summed E-state index contributed by atoms with van der Waals surface area (Å²) in [6.45, 7) is 0.636. The molecule has 1 N–H and O–H groups in total. The second-order valence-corrected chi connectivity index (χ2v) is 3.33. The van der Waals surface area contributed by atoms with Crippen molar-refractivity contribution in [1.82, 2.24) is 4.90 Å². The number of rotatable bonds is 5. The highest BCUT2D eigenvalue weighted by molar-refractivity contribution is 5.40. The first-order valence-corrected chi connectivity index (χ1v) is 4.71. The predicted octanol–water partition coefficient (Wildman–Crippen LogP) is 1.09. The Labute approximate surface area is 90.0 Å². The maximum Gasteiger partial charge on any atom is 0.123 e. The zero-order valence-corrected chi connectivity index (χ0v) is 9.36. The fraction of sp³-hybridized carbons (Fsp3) is 0.455. The Hall–Kier alpha value is -1.26. The summed E-state index contributed by atoms with van der Waals surface area (Å²) in [5.74, 6) is 1.59. The van der Waals surface area contributed by atoms with E-state index in [1.807, 2.05) is 25.2 Å². The summed E-state index contributed by atoms with van der Waals surface area (Å²) < 4.78 is 10.4. The van der Waals surface area contributed by atoms with Gasteiger partial charge in [-0.3, -0.25) is 4.90 Å². The van der Waals surface area contributed by atoms with Crippen molar-refractivity contribution in [3.05, 3.63) is 23.8 Å². The van der Waals surface area contributed by atoms with E-state index in [2.05, 4.69) is 0 Å². The summed E-state index contributed by atoms with van der Waals surface area (Å²) in [5, 5.41) is 8.94.